The van der Waals surface area contributed by atoms with Crippen LogP contribution in [0.25, 0.3) is 11.3 Å². The lowest BCUT2D eigenvalue weighted by Gasteiger charge is -2.01. The Bertz CT molecular complexity index is 1020. The molecule has 1 N–H and O–H groups in total. The lowest BCUT2D eigenvalue weighted by molar-refractivity contribution is 0.595. The Kier molecular flexibility index (Phi) is 4.91. The maximum Gasteiger partial charge on any atom is 0.203 e. The van der Waals surface area contributed by atoms with Crippen molar-refractivity contribution in [2.45, 2.75) is 4.90 Å². The highest BCUT2D eigenvalue weighted by Gasteiger charge is 2.10. The zero-order valence-electron chi connectivity index (χ0n) is 13.2. The normalized spacial score (nSPS) is 11.8. The molecule has 0 bridgehead atoms. The van der Waals surface area contributed by atoms with Crippen LogP contribution in [0.5, 0.6) is 0 Å². The summed E-state index contributed by atoms with van der Waals surface area (Å²) in [6.45, 7) is 0. The fraction of sp³-hybridized carbons (Fsp3) is 0.0588. The van der Waals surface area contributed by atoms with Gasteiger partial charge >= 0.3 is 0 Å². The van der Waals surface area contributed by atoms with E-state index >= 15 is 0 Å². The van der Waals surface area contributed by atoms with Crippen molar-refractivity contribution in [2.24, 2.45) is 5.10 Å². The van der Waals surface area contributed by atoms with Gasteiger partial charge in [0.2, 0.25) is 5.13 Å². The van der Waals surface area contributed by atoms with Gasteiger partial charge < -0.3 is 0 Å². The summed E-state index contributed by atoms with van der Waals surface area (Å²) in [5.41, 5.74) is 4.75. The standard InChI is InChI=1S/C17H14FN3O2S2/c1-25(22,23)14-8-7-13(15(18)9-14)10-19-21-17-20-16(11-24-17)12-5-3-2-4-6-12/h2-11H,1H3,(H,20,21). The number of anilines is 1. The first-order valence-corrected chi connectivity index (χ1v) is 10.0. The Balaban J connectivity index is 1.71. The highest BCUT2D eigenvalue weighted by atomic mass is 32.2. The Morgan fingerprint density at radius 3 is 2.64 bits per heavy atom. The summed E-state index contributed by atoms with van der Waals surface area (Å²) in [4.78, 5) is 4.33. The number of rotatable bonds is 5. The van der Waals surface area contributed by atoms with Crippen LogP contribution in [0.1, 0.15) is 5.56 Å². The van der Waals surface area contributed by atoms with Crippen LogP contribution < -0.4 is 5.43 Å². The lowest BCUT2D eigenvalue weighted by atomic mass is 10.2. The van der Waals surface area contributed by atoms with Gasteiger partial charge in [0.05, 0.1) is 16.8 Å². The number of nitrogens with one attached hydrogen (secondary N) is 1. The molecular formula is C17H14FN3O2S2. The van der Waals surface area contributed by atoms with E-state index in [4.69, 9.17) is 0 Å². The molecule has 25 heavy (non-hydrogen) atoms. The van der Waals surface area contributed by atoms with Gasteiger partial charge in [-0.3, -0.25) is 5.43 Å². The van der Waals surface area contributed by atoms with E-state index in [0.717, 1.165) is 23.6 Å². The van der Waals surface area contributed by atoms with Crippen molar-refractivity contribution < 1.29 is 12.8 Å². The summed E-state index contributed by atoms with van der Waals surface area (Å²) >= 11 is 1.38. The highest BCUT2D eigenvalue weighted by molar-refractivity contribution is 7.90. The van der Waals surface area contributed by atoms with E-state index in [1.165, 1.54) is 29.7 Å². The second-order valence-electron chi connectivity index (χ2n) is 5.23. The molecule has 3 rings (SSSR count). The maximum atomic E-state index is 13.9. The number of sulfone groups is 1. The van der Waals surface area contributed by atoms with Gasteiger partial charge in [-0.05, 0) is 18.2 Å². The van der Waals surface area contributed by atoms with Crippen LogP contribution in [-0.2, 0) is 9.84 Å². The summed E-state index contributed by atoms with van der Waals surface area (Å²) in [6.07, 6.45) is 2.31. The summed E-state index contributed by atoms with van der Waals surface area (Å²) in [5.74, 6) is -0.655. The average Bonchev–Trinajstić information content (AvgIpc) is 3.05. The van der Waals surface area contributed by atoms with Crippen LogP contribution in [0.2, 0.25) is 0 Å². The fourth-order valence-corrected chi connectivity index (χ4v) is 3.37. The van der Waals surface area contributed by atoms with Gasteiger partial charge in [0.15, 0.2) is 9.84 Å². The zero-order valence-corrected chi connectivity index (χ0v) is 14.8. The summed E-state index contributed by atoms with van der Waals surface area (Å²) in [5, 5.41) is 6.42. The second kappa shape index (κ2) is 7.12. The Hall–Kier alpha value is -2.58. The van der Waals surface area contributed by atoms with Gasteiger partial charge in [0.25, 0.3) is 0 Å². The van der Waals surface area contributed by atoms with E-state index in [2.05, 4.69) is 15.5 Å². The molecule has 0 amide bonds. The predicted molar refractivity (Wildman–Crippen MR) is 98.3 cm³/mol. The van der Waals surface area contributed by atoms with Crippen molar-refractivity contribution in [2.75, 3.05) is 11.7 Å². The number of nitrogens with zero attached hydrogens (tertiary/aromatic N) is 2. The Labute approximate surface area is 148 Å². The first kappa shape index (κ1) is 17.2. The first-order chi connectivity index (χ1) is 11.9. The van der Waals surface area contributed by atoms with Crippen molar-refractivity contribution in [3.05, 3.63) is 65.3 Å². The van der Waals surface area contributed by atoms with Gasteiger partial charge in [-0.15, -0.1) is 11.3 Å². The average molecular weight is 375 g/mol. The highest BCUT2D eigenvalue weighted by Crippen LogP contribution is 2.24. The zero-order chi connectivity index (χ0) is 17.9. The molecule has 1 aromatic heterocycles. The van der Waals surface area contributed by atoms with Crippen LogP contribution >= 0.6 is 11.3 Å². The molecule has 0 spiro atoms. The number of aromatic nitrogens is 1. The van der Waals surface area contributed by atoms with E-state index < -0.39 is 15.7 Å². The number of thiazole rings is 1. The molecule has 0 aliphatic rings. The smallest absolute Gasteiger partial charge is 0.203 e. The van der Waals surface area contributed by atoms with E-state index in [9.17, 15) is 12.8 Å². The fourth-order valence-electron chi connectivity index (χ4n) is 2.07. The molecule has 2 aromatic carbocycles. The molecule has 0 aliphatic heterocycles. The van der Waals surface area contributed by atoms with Gasteiger partial charge in [-0.1, -0.05) is 30.3 Å². The monoisotopic (exact) mass is 375 g/mol. The van der Waals surface area contributed by atoms with Crippen LogP contribution in [0, 0.1) is 5.82 Å². The molecule has 0 unspecified atom stereocenters. The molecular weight excluding hydrogens is 361 g/mol. The number of hydrazone groups is 1. The quantitative estimate of drug-likeness (QED) is 0.544. The minimum absolute atomic E-state index is 0.0671. The van der Waals surface area contributed by atoms with Crippen molar-refractivity contribution in [1.82, 2.24) is 4.98 Å². The minimum atomic E-state index is -3.44. The van der Waals surface area contributed by atoms with Gasteiger partial charge in [-0.25, -0.2) is 17.8 Å². The predicted octanol–water partition coefficient (Wildman–Crippen LogP) is 3.80. The molecule has 5 nitrogen and oxygen atoms in total. The first-order valence-electron chi connectivity index (χ1n) is 7.23. The van der Waals surface area contributed by atoms with Crippen LogP contribution in [0.15, 0.2) is 63.9 Å². The molecule has 8 heteroatoms. The Morgan fingerprint density at radius 1 is 1.20 bits per heavy atom. The molecule has 0 atom stereocenters. The van der Waals surface area contributed by atoms with E-state index in [0.29, 0.717) is 5.13 Å². The lowest BCUT2D eigenvalue weighted by Crippen LogP contribution is -2.00. The molecule has 0 aliphatic carbocycles. The molecule has 0 saturated carbocycles. The van der Waals surface area contributed by atoms with Crippen LogP contribution in [0.3, 0.4) is 0 Å². The molecule has 0 fully saturated rings. The third-order valence-corrected chi connectivity index (χ3v) is 5.19. The van der Waals surface area contributed by atoms with Crippen molar-refractivity contribution in [3.8, 4) is 11.3 Å². The van der Waals surface area contributed by atoms with E-state index in [1.807, 2.05) is 35.7 Å². The van der Waals surface area contributed by atoms with E-state index in [1.54, 1.807) is 0 Å². The SMILES string of the molecule is CS(=O)(=O)c1ccc(C=NNc2nc(-c3ccccc3)cs2)c(F)c1. The number of hydrogen-bond donors (Lipinski definition) is 1. The van der Waals surface area contributed by atoms with Crippen LogP contribution in [-0.4, -0.2) is 25.9 Å². The molecule has 3 aromatic rings. The van der Waals surface area contributed by atoms with Gasteiger partial charge in [0.1, 0.15) is 5.82 Å². The second-order valence-corrected chi connectivity index (χ2v) is 8.10. The van der Waals surface area contributed by atoms with Crippen molar-refractivity contribution >= 4 is 32.5 Å². The largest absolute Gasteiger partial charge is 0.253 e. The topological polar surface area (TPSA) is 71.4 Å². The van der Waals surface area contributed by atoms with Crippen molar-refractivity contribution in [3.63, 3.8) is 0 Å². The summed E-state index contributed by atoms with van der Waals surface area (Å²) in [7, 11) is -3.44. The minimum Gasteiger partial charge on any atom is -0.253 e. The molecule has 0 radical (unpaired) electrons. The van der Waals surface area contributed by atoms with Gasteiger partial charge in [-0.2, -0.15) is 5.10 Å². The number of hydrogen-bond acceptors (Lipinski definition) is 6. The van der Waals surface area contributed by atoms with E-state index in [-0.39, 0.29) is 10.5 Å². The van der Waals surface area contributed by atoms with Crippen molar-refractivity contribution in [1.29, 1.82) is 0 Å². The third kappa shape index (κ3) is 4.28. The Morgan fingerprint density at radius 2 is 1.96 bits per heavy atom. The summed E-state index contributed by atoms with van der Waals surface area (Å²) in [6, 6.07) is 13.4. The van der Waals surface area contributed by atoms with Crippen LogP contribution in [0.4, 0.5) is 9.52 Å². The van der Waals surface area contributed by atoms with Gasteiger partial charge in [0, 0.05) is 22.8 Å². The molecule has 128 valence electrons. The number of halogens is 1. The third-order valence-electron chi connectivity index (χ3n) is 3.34. The maximum absolute atomic E-state index is 13.9. The molecule has 1 heterocycles. The summed E-state index contributed by atoms with van der Waals surface area (Å²) < 4.78 is 36.7. The number of benzene rings is 2. The molecule has 0 saturated heterocycles.